The molecule has 0 saturated heterocycles. The fourth-order valence-electron chi connectivity index (χ4n) is 2.96. The van der Waals surface area contributed by atoms with Gasteiger partial charge in [0.05, 0.1) is 35.9 Å². The van der Waals surface area contributed by atoms with E-state index in [-0.39, 0.29) is 23.7 Å². The van der Waals surface area contributed by atoms with Gasteiger partial charge < -0.3 is 15.4 Å². The van der Waals surface area contributed by atoms with Gasteiger partial charge in [-0.1, -0.05) is 0 Å². The van der Waals surface area contributed by atoms with Crippen molar-refractivity contribution in [2.45, 2.75) is 57.7 Å². The molecule has 25 heavy (non-hydrogen) atoms. The van der Waals surface area contributed by atoms with Crippen molar-refractivity contribution in [2.24, 2.45) is 7.05 Å². The Labute approximate surface area is 147 Å². The van der Waals surface area contributed by atoms with Crippen LogP contribution < -0.4 is 15.4 Å². The molecule has 1 aliphatic carbocycles. The zero-order chi connectivity index (χ0) is 18.0. The second-order valence-electron chi connectivity index (χ2n) is 7.49. The smallest absolute Gasteiger partial charge is 0.319 e. The van der Waals surface area contributed by atoms with Crippen LogP contribution in [0.4, 0.5) is 10.5 Å². The van der Waals surface area contributed by atoms with Gasteiger partial charge in [0.1, 0.15) is 6.10 Å². The Hall–Kier alpha value is -2.51. The number of anilines is 1. The molecule has 1 saturated carbocycles. The molecule has 8 nitrogen and oxygen atoms in total. The first-order chi connectivity index (χ1) is 11.8. The lowest BCUT2D eigenvalue weighted by Gasteiger charge is -2.21. The van der Waals surface area contributed by atoms with E-state index in [4.69, 9.17) is 4.74 Å². The molecule has 0 aromatic carbocycles. The van der Waals surface area contributed by atoms with Gasteiger partial charge >= 0.3 is 6.03 Å². The van der Waals surface area contributed by atoms with Crippen molar-refractivity contribution in [1.82, 2.24) is 24.9 Å². The fourth-order valence-corrected chi connectivity index (χ4v) is 2.96. The van der Waals surface area contributed by atoms with Gasteiger partial charge in [-0.25, -0.2) is 4.79 Å². The predicted octanol–water partition coefficient (Wildman–Crippen LogP) is 2.49. The Bertz CT molecular complexity index is 730. The molecule has 2 aromatic rings. The van der Waals surface area contributed by atoms with Crippen LogP contribution in [0.25, 0.3) is 0 Å². The second kappa shape index (κ2) is 6.78. The maximum absolute atomic E-state index is 12.3. The number of aryl methyl sites for hydroxylation is 1. The molecule has 2 aromatic heterocycles. The topological polar surface area (TPSA) is 86.0 Å². The van der Waals surface area contributed by atoms with Crippen LogP contribution in [-0.2, 0) is 12.6 Å². The average molecular weight is 346 g/mol. The van der Waals surface area contributed by atoms with Crippen molar-refractivity contribution < 1.29 is 9.53 Å². The number of carbonyl (C=O) groups excluding carboxylic acids is 1. The van der Waals surface area contributed by atoms with Crippen LogP contribution in [0.15, 0.2) is 24.8 Å². The van der Waals surface area contributed by atoms with Crippen LogP contribution in [0, 0.1) is 0 Å². The average Bonchev–Trinajstić information content (AvgIpc) is 3.22. The van der Waals surface area contributed by atoms with Crippen LogP contribution in [0.3, 0.4) is 0 Å². The van der Waals surface area contributed by atoms with Crippen molar-refractivity contribution in [3.8, 4) is 5.75 Å². The lowest BCUT2D eigenvalue weighted by Crippen LogP contribution is -2.44. The summed E-state index contributed by atoms with van der Waals surface area (Å²) < 4.78 is 9.49. The van der Waals surface area contributed by atoms with Crippen molar-refractivity contribution >= 4 is 11.7 Å². The van der Waals surface area contributed by atoms with Crippen LogP contribution >= 0.6 is 0 Å². The van der Waals surface area contributed by atoms with Gasteiger partial charge in [0.25, 0.3) is 0 Å². The highest BCUT2D eigenvalue weighted by Crippen LogP contribution is 2.24. The Balaban J connectivity index is 1.55. The van der Waals surface area contributed by atoms with Gasteiger partial charge in [0.15, 0.2) is 5.75 Å². The molecular weight excluding hydrogens is 320 g/mol. The summed E-state index contributed by atoms with van der Waals surface area (Å²) in [5.74, 6) is 0.730. The Kier molecular flexibility index (Phi) is 4.69. The number of aromatic nitrogens is 4. The molecule has 0 radical (unpaired) electrons. The highest BCUT2D eigenvalue weighted by Gasteiger charge is 2.30. The van der Waals surface area contributed by atoms with Gasteiger partial charge in [-0.05, 0) is 40.0 Å². The lowest BCUT2D eigenvalue weighted by atomic mass is 10.1. The van der Waals surface area contributed by atoms with E-state index in [2.05, 4.69) is 41.6 Å². The molecule has 3 rings (SSSR count). The summed E-state index contributed by atoms with van der Waals surface area (Å²) in [4.78, 5) is 12.3. The van der Waals surface area contributed by atoms with Gasteiger partial charge in [0, 0.05) is 13.2 Å². The molecule has 136 valence electrons. The monoisotopic (exact) mass is 346 g/mol. The minimum Gasteiger partial charge on any atom is -0.485 e. The molecule has 0 unspecified atom stereocenters. The summed E-state index contributed by atoms with van der Waals surface area (Å²) in [7, 11) is 1.85. The Morgan fingerprint density at radius 3 is 2.68 bits per heavy atom. The number of hydrogen-bond donors (Lipinski definition) is 2. The predicted molar refractivity (Wildman–Crippen MR) is 94.6 cm³/mol. The van der Waals surface area contributed by atoms with Crippen molar-refractivity contribution in [2.75, 3.05) is 5.32 Å². The zero-order valence-electron chi connectivity index (χ0n) is 15.2. The van der Waals surface area contributed by atoms with E-state index in [0.29, 0.717) is 5.69 Å². The lowest BCUT2D eigenvalue weighted by molar-refractivity contribution is 0.175. The molecule has 2 amide bonds. The van der Waals surface area contributed by atoms with E-state index in [1.807, 2.05) is 24.1 Å². The van der Waals surface area contributed by atoms with E-state index in [0.717, 1.165) is 25.0 Å². The number of nitrogens with zero attached hydrogens (tertiary/aromatic N) is 4. The molecule has 0 aliphatic heterocycles. The summed E-state index contributed by atoms with van der Waals surface area (Å²) in [6, 6.07) is -0.252. The summed E-state index contributed by atoms with van der Waals surface area (Å²) in [6.07, 6.45) is 9.82. The number of rotatable bonds is 4. The summed E-state index contributed by atoms with van der Waals surface area (Å²) >= 11 is 0. The zero-order valence-corrected chi connectivity index (χ0v) is 15.2. The van der Waals surface area contributed by atoms with E-state index in [9.17, 15) is 4.79 Å². The van der Waals surface area contributed by atoms with E-state index >= 15 is 0 Å². The minimum atomic E-state index is -0.236. The number of hydrogen-bond acceptors (Lipinski definition) is 4. The molecule has 1 fully saturated rings. The fraction of sp³-hybridized carbons (Fsp3) is 0.588. The quantitative estimate of drug-likeness (QED) is 0.890. The summed E-state index contributed by atoms with van der Waals surface area (Å²) in [5, 5.41) is 14.2. The van der Waals surface area contributed by atoms with Crippen molar-refractivity contribution in [3.63, 3.8) is 0 Å². The van der Waals surface area contributed by atoms with Crippen LogP contribution in [0.5, 0.6) is 5.75 Å². The minimum absolute atomic E-state index is 0.0159. The molecule has 2 atom stereocenters. The SMILES string of the molecule is Cn1cc(O[C@@H]2CCC[C@@H]2NC(=O)Nc2cnn(C(C)(C)C)c2)cn1. The Morgan fingerprint density at radius 2 is 2.04 bits per heavy atom. The van der Waals surface area contributed by atoms with Crippen molar-refractivity contribution in [1.29, 1.82) is 0 Å². The molecule has 0 bridgehead atoms. The first-order valence-electron chi connectivity index (χ1n) is 8.59. The van der Waals surface area contributed by atoms with Gasteiger partial charge in [-0.3, -0.25) is 9.36 Å². The van der Waals surface area contributed by atoms with E-state index in [1.165, 1.54) is 0 Å². The summed E-state index contributed by atoms with van der Waals surface area (Å²) in [5.41, 5.74) is 0.556. The number of nitrogens with one attached hydrogen (secondary N) is 2. The third-order valence-corrected chi connectivity index (χ3v) is 4.27. The number of amides is 2. The largest absolute Gasteiger partial charge is 0.485 e. The third-order valence-electron chi connectivity index (χ3n) is 4.27. The molecule has 2 heterocycles. The summed E-state index contributed by atoms with van der Waals surface area (Å²) in [6.45, 7) is 6.17. The van der Waals surface area contributed by atoms with E-state index in [1.54, 1.807) is 17.1 Å². The first-order valence-corrected chi connectivity index (χ1v) is 8.59. The van der Waals surface area contributed by atoms with E-state index < -0.39 is 0 Å². The number of carbonyl (C=O) groups is 1. The molecule has 2 N–H and O–H groups in total. The van der Waals surface area contributed by atoms with Gasteiger partial charge in [-0.15, -0.1) is 0 Å². The highest BCUT2D eigenvalue weighted by atomic mass is 16.5. The molecular formula is C17H26N6O2. The van der Waals surface area contributed by atoms with Crippen molar-refractivity contribution in [3.05, 3.63) is 24.8 Å². The standard InChI is InChI=1S/C17H26N6O2/c1-17(2,3)23-10-12(8-19-23)20-16(24)21-14-6-5-7-15(14)25-13-9-18-22(4)11-13/h8-11,14-15H,5-7H2,1-4H3,(H2,20,21,24)/t14-,15+/m0/s1. The van der Waals surface area contributed by atoms with Crippen LogP contribution in [-0.4, -0.2) is 37.7 Å². The Morgan fingerprint density at radius 1 is 1.24 bits per heavy atom. The maximum Gasteiger partial charge on any atom is 0.319 e. The molecule has 8 heteroatoms. The van der Waals surface area contributed by atoms with Crippen LogP contribution in [0.1, 0.15) is 40.0 Å². The number of ether oxygens (including phenoxy) is 1. The second-order valence-corrected chi connectivity index (χ2v) is 7.49. The highest BCUT2D eigenvalue weighted by molar-refractivity contribution is 5.89. The first kappa shape index (κ1) is 17.3. The maximum atomic E-state index is 12.3. The molecule has 1 aliphatic rings. The van der Waals surface area contributed by atoms with Crippen LogP contribution in [0.2, 0.25) is 0 Å². The van der Waals surface area contributed by atoms with Gasteiger partial charge in [-0.2, -0.15) is 10.2 Å². The third kappa shape index (κ3) is 4.32. The normalized spacial score (nSPS) is 20.5. The number of urea groups is 1. The molecule has 0 spiro atoms. The van der Waals surface area contributed by atoms with Gasteiger partial charge in [0.2, 0.25) is 0 Å².